The Bertz CT molecular complexity index is 811. The number of ether oxygens (including phenoxy) is 3. The van der Waals surface area contributed by atoms with Gasteiger partial charge < -0.3 is 24.8 Å². The van der Waals surface area contributed by atoms with Crippen LogP contribution < -0.4 is 15.4 Å². The number of methoxy groups -OCH3 is 1. The molecule has 1 unspecified atom stereocenters. The summed E-state index contributed by atoms with van der Waals surface area (Å²) in [4.78, 5) is 37.2. The average Bonchev–Trinajstić information content (AvgIpc) is 3.25. The third-order valence-electron chi connectivity index (χ3n) is 5.41. The molecule has 0 bridgehead atoms. The Morgan fingerprint density at radius 2 is 1.80 bits per heavy atom. The summed E-state index contributed by atoms with van der Waals surface area (Å²) in [7, 11) is 1.56. The second-order valence-electron chi connectivity index (χ2n) is 7.43. The number of rotatable bonds is 8. The summed E-state index contributed by atoms with van der Waals surface area (Å²) in [5.41, 5.74) is 1.14. The van der Waals surface area contributed by atoms with Crippen LogP contribution in [0.3, 0.4) is 0 Å². The first kappa shape index (κ1) is 21.7. The minimum atomic E-state index is -0.729. The van der Waals surface area contributed by atoms with Gasteiger partial charge in [0, 0.05) is 6.42 Å². The summed E-state index contributed by atoms with van der Waals surface area (Å²) >= 11 is 0. The van der Waals surface area contributed by atoms with E-state index < -0.39 is 18.0 Å². The lowest BCUT2D eigenvalue weighted by Crippen LogP contribution is -2.47. The number of hydrogen-bond donors (Lipinski definition) is 2. The van der Waals surface area contributed by atoms with Crippen molar-refractivity contribution >= 4 is 18.0 Å². The Morgan fingerprint density at radius 1 is 1.10 bits per heavy atom. The molecule has 0 spiro atoms. The van der Waals surface area contributed by atoms with Crippen LogP contribution in [0.15, 0.2) is 35.5 Å². The normalized spacial score (nSPS) is 19.1. The second kappa shape index (κ2) is 10.1. The molecule has 1 heterocycles. The molecule has 0 radical (unpaired) electrons. The monoisotopic (exact) mass is 416 g/mol. The zero-order valence-electron chi connectivity index (χ0n) is 17.4. The minimum absolute atomic E-state index is 0.181. The molecule has 1 atom stereocenters. The summed E-state index contributed by atoms with van der Waals surface area (Å²) in [6.07, 6.45) is 4.71. The van der Waals surface area contributed by atoms with Crippen molar-refractivity contribution in [1.29, 1.82) is 0 Å². The standard InChI is InChI=1S/C22H28N2O6/c1-3-29-21(26)19-17(13-30-18(25)12-14-6-4-5-7-14)23-22(27)24-20(19)15-8-10-16(28-2)11-9-15/h8-11,14,20H,3-7,12-13H2,1-2H3,(H2,23,24,27). The third kappa shape index (κ3) is 5.31. The molecule has 0 saturated heterocycles. The topological polar surface area (TPSA) is 103 Å². The highest BCUT2D eigenvalue weighted by molar-refractivity contribution is 5.95. The van der Waals surface area contributed by atoms with E-state index >= 15 is 0 Å². The molecule has 2 N–H and O–H groups in total. The molecule has 1 aliphatic carbocycles. The first-order chi connectivity index (χ1) is 14.5. The highest BCUT2D eigenvalue weighted by Gasteiger charge is 2.34. The van der Waals surface area contributed by atoms with Gasteiger partial charge in [0.25, 0.3) is 0 Å². The average molecular weight is 416 g/mol. The molecule has 0 aromatic heterocycles. The molecule has 2 amide bonds. The second-order valence-corrected chi connectivity index (χ2v) is 7.43. The van der Waals surface area contributed by atoms with Crippen molar-refractivity contribution in [2.24, 2.45) is 5.92 Å². The predicted molar refractivity (Wildman–Crippen MR) is 109 cm³/mol. The quantitative estimate of drug-likeness (QED) is 0.632. The molecule has 1 aromatic carbocycles. The van der Waals surface area contributed by atoms with Gasteiger partial charge in [-0.25, -0.2) is 9.59 Å². The van der Waals surface area contributed by atoms with Crippen LogP contribution in [0.25, 0.3) is 0 Å². The Morgan fingerprint density at radius 3 is 2.43 bits per heavy atom. The summed E-state index contributed by atoms with van der Waals surface area (Å²) in [6.45, 7) is 1.69. The molecule has 30 heavy (non-hydrogen) atoms. The lowest BCUT2D eigenvalue weighted by molar-refractivity contribution is -0.144. The van der Waals surface area contributed by atoms with E-state index in [0.717, 1.165) is 25.7 Å². The number of esters is 2. The Balaban J connectivity index is 1.82. The molecule has 8 nitrogen and oxygen atoms in total. The van der Waals surface area contributed by atoms with E-state index in [1.807, 2.05) is 0 Å². The van der Waals surface area contributed by atoms with E-state index in [1.54, 1.807) is 38.3 Å². The minimum Gasteiger partial charge on any atom is -0.497 e. The van der Waals surface area contributed by atoms with Gasteiger partial charge in [-0.3, -0.25) is 4.79 Å². The van der Waals surface area contributed by atoms with Gasteiger partial charge >= 0.3 is 18.0 Å². The fourth-order valence-electron chi connectivity index (χ4n) is 3.89. The highest BCUT2D eigenvalue weighted by Crippen LogP contribution is 2.30. The van der Waals surface area contributed by atoms with E-state index in [0.29, 0.717) is 23.7 Å². The molecule has 3 rings (SSSR count). The zero-order chi connectivity index (χ0) is 21.5. The molecule has 2 aliphatic rings. The van der Waals surface area contributed by atoms with Gasteiger partial charge in [-0.2, -0.15) is 0 Å². The Hall–Kier alpha value is -3.03. The van der Waals surface area contributed by atoms with Gasteiger partial charge in [0.15, 0.2) is 0 Å². The van der Waals surface area contributed by atoms with Crippen molar-refractivity contribution in [2.45, 2.75) is 45.1 Å². The number of urea groups is 1. The molecule has 1 saturated carbocycles. The van der Waals surface area contributed by atoms with Crippen LogP contribution in [0.1, 0.15) is 50.6 Å². The maximum atomic E-state index is 12.7. The van der Waals surface area contributed by atoms with Crippen LogP contribution in [0, 0.1) is 5.92 Å². The van der Waals surface area contributed by atoms with Gasteiger partial charge in [0.1, 0.15) is 12.4 Å². The highest BCUT2D eigenvalue weighted by atomic mass is 16.5. The molecular weight excluding hydrogens is 388 g/mol. The van der Waals surface area contributed by atoms with Crippen molar-refractivity contribution in [1.82, 2.24) is 10.6 Å². The van der Waals surface area contributed by atoms with Crippen LogP contribution in [-0.2, 0) is 19.1 Å². The molecule has 1 aliphatic heterocycles. The summed E-state index contributed by atoms with van der Waals surface area (Å²) < 4.78 is 15.8. The third-order valence-corrected chi connectivity index (χ3v) is 5.41. The fourth-order valence-corrected chi connectivity index (χ4v) is 3.89. The van der Waals surface area contributed by atoms with E-state index in [-0.39, 0.29) is 30.5 Å². The molecular formula is C22H28N2O6. The fraction of sp³-hybridized carbons (Fsp3) is 0.500. The van der Waals surface area contributed by atoms with Crippen LogP contribution in [-0.4, -0.2) is 38.3 Å². The van der Waals surface area contributed by atoms with Crippen LogP contribution in [0.2, 0.25) is 0 Å². The summed E-state index contributed by atoms with van der Waals surface area (Å²) in [6, 6.07) is 5.80. The Labute approximate surface area is 175 Å². The molecule has 1 aromatic rings. The summed E-state index contributed by atoms with van der Waals surface area (Å²) in [5.74, 6) is 0.103. The van der Waals surface area contributed by atoms with Gasteiger partial charge in [-0.05, 0) is 43.4 Å². The number of amides is 2. The van der Waals surface area contributed by atoms with Crippen LogP contribution in [0.5, 0.6) is 5.75 Å². The van der Waals surface area contributed by atoms with Crippen molar-refractivity contribution in [2.75, 3.05) is 20.3 Å². The van der Waals surface area contributed by atoms with Crippen LogP contribution in [0.4, 0.5) is 4.79 Å². The number of hydrogen-bond acceptors (Lipinski definition) is 6. The number of carbonyl (C=O) groups excluding carboxylic acids is 3. The number of nitrogens with one attached hydrogen (secondary N) is 2. The first-order valence-electron chi connectivity index (χ1n) is 10.3. The van der Waals surface area contributed by atoms with Gasteiger partial charge in [-0.15, -0.1) is 0 Å². The molecule has 8 heteroatoms. The predicted octanol–water partition coefficient (Wildman–Crippen LogP) is 2.99. The van der Waals surface area contributed by atoms with Crippen molar-refractivity contribution in [3.05, 3.63) is 41.1 Å². The maximum Gasteiger partial charge on any atom is 0.338 e. The maximum absolute atomic E-state index is 12.7. The number of benzene rings is 1. The Kier molecular flexibility index (Phi) is 7.32. The smallest absolute Gasteiger partial charge is 0.338 e. The largest absolute Gasteiger partial charge is 0.497 e. The van der Waals surface area contributed by atoms with Crippen LogP contribution >= 0.6 is 0 Å². The van der Waals surface area contributed by atoms with Crippen molar-refractivity contribution < 1.29 is 28.6 Å². The van der Waals surface area contributed by atoms with Crippen molar-refractivity contribution in [3.8, 4) is 5.75 Å². The van der Waals surface area contributed by atoms with Gasteiger partial charge in [-0.1, -0.05) is 25.0 Å². The molecule has 162 valence electrons. The lowest BCUT2D eigenvalue weighted by atomic mass is 9.95. The van der Waals surface area contributed by atoms with Crippen molar-refractivity contribution in [3.63, 3.8) is 0 Å². The van der Waals surface area contributed by atoms with E-state index in [9.17, 15) is 14.4 Å². The lowest BCUT2D eigenvalue weighted by Gasteiger charge is -2.29. The van der Waals surface area contributed by atoms with E-state index in [1.165, 1.54) is 0 Å². The SMILES string of the molecule is CCOC(=O)C1=C(COC(=O)CC2CCCC2)NC(=O)NC1c1ccc(OC)cc1. The van der Waals surface area contributed by atoms with E-state index in [2.05, 4.69) is 10.6 Å². The van der Waals surface area contributed by atoms with Gasteiger partial charge in [0.05, 0.1) is 31.0 Å². The molecule has 1 fully saturated rings. The summed E-state index contributed by atoms with van der Waals surface area (Å²) in [5, 5.41) is 5.35. The zero-order valence-corrected chi connectivity index (χ0v) is 17.4. The number of carbonyl (C=O) groups is 3. The van der Waals surface area contributed by atoms with Gasteiger partial charge in [0.2, 0.25) is 0 Å². The first-order valence-corrected chi connectivity index (χ1v) is 10.3. The van der Waals surface area contributed by atoms with E-state index in [4.69, 9.17) is 14.2 Å².